The molecule has 3 aromatic rings. The average Bonchev–Trinajstić information content (AvgIpc) is 2.95. The van der Waals surface area contributed by atoms with E-state index in [9.17, 15) is 18.0 Å². The number of carbonyl (C=O) groups is 2. The van der Waals surface area contributed by atoms with E-state index in [0.29, 0.717) is 40.1 Å². The normalized spacial score (nSPS) is 12.7. The van der Waals surface area contributed by atoms with Crippen LogP contribution in [0, 0.1) is 0 Å². The number of benzene rings is 3. The van der Waals surface area contributed by atoms with Gasteiger partial charge in [0, 0.05) is 22.6 Å². The summed E-state index contributed by atoms with van der Waals surface area (Å²) < 4.78 is 34.3. The van der Waals surface area contributed by atoms with Gasteiger partial charge in [-0.15, -0.1) is 0 Å². The number of anilines is 1. The summed E-state index contributed by atoms with van der Waals surface area (Å²) in [5, 5.41) is 3.65. The van der Waals surface area contributed by atoms with Gasteiger partial charge in [-0.2, -0.15) is 0 Å². The number of halogens is 2. The molecule has 41 heavy (non-hydrogen) atoms. The molecule has 0 bridgehead atoms. The molecule has 0 radical (unpaired) electrons. The maximum absolute atomic E-state index is 14.0. The molecule has 0 aliphatic rings. The Kier molecular flexibility index (Phi) is 11.5. The topological polar surface area (TPSA) is 96.0 Å². The molecule has 0 aromatic heterocycles. The van der Waals surface area contributed by atoms with Crippen molar-refractivity contribution in [2.45, 2.75) is 57.6 Å². The van der Waals surface area contributed by atoms with Crippen LogP contribution in [-0.4, -0.2) is 50.4 Å². The molecule has 0 fully saturated rings. The summed E-state index contributed by atoms with van der Waals surface area (Å²) in [4.78, 5) is 28.4. The second-order valence-electron chi connectivity index (χ2n) is 9.50. The van der Waals surface area contributed by atoms with E-state index in [-0.39, 0.29) is 23.4 Å². The molecular formula is C30H35Cl2N3O5S. The highest BCUT2D eigenvalue weighted by Crippen LogP contribution is 2.27. The minimum absolute atomic E-state index is 0.00698. The minimum Gasteiger partial charge on any atom is -0.494 e. The Labute approximate surface area is 252 Å². The molecule has 0 aliphatic carbocycles. The first-order valence-electron chi connectivity index (χ1n) is 13.3. The van der Waals surface area contributed by atoms with Gasteiger partial charge in [-0.05, 0) is 81.3 Å². The molecule has 2 amide bonds. The van der Waals surface area contributed by atoms with Crippen LogP contribution in [0.4, 0.5) is 5.69 Å². The van der Waals surface area contributed by atoms with Crippen LogP contribution in [0.1, 0.15) is 39.7 Å². The van der Waals surface area contributed by atoms with E-state index in [1.165, 1.54) is 17.0 Å². The van der Waals surface area contributed by atoms with Crippen LogP contribution in [0.5, 0.6) is 5.75 Å². The summed E-state index contributed by atoms with van der Waals surface area (Å²) >= 11 is 12.5. The van der Waals surface area contributed by atoms with Gasteiger partial charge in [0.15, 0.2) is 0 Å². The number of sulfonamides is 1. The van der Waals surface area contributed by atoms with Crippen LogP contribution in [-0.2, 0) is 26.2 Å². The van der Waals surface area contributed by atoms with Crippen LogP contribution in [0.15, 0.2) is 77.7 Å². The Bertz CT molecular complexity index is 1440. The van der Waals surface area contributed by atoms with Crippen molar-refractivity contribution in [1.29, 1.82) is 0 Å². The largest absolute Gasteiger partial charge is 0.494 e. The lowest BCUT2D eigenvalue weighted by molar-refractivity contribution is -0.139. The maximum atomic E-state index is 14.0. The second-order valence-corrected chi connectivity index (χ2v) is 12.2. The fourth-order valence-electron chi connectivity index (χ4n) is 4.01. The molecule has 11 heteroatoms. The highest BCUT2D eigenvalue weighted by atomic mass is 35.5. The van der Waals surface area contributed by atoms with E-state index in [1.807, 2.05) is 20.8 Å². The van der Waals surface area contributed by atoms with Gasteiger partial charge in [0.2, 0.25) is 11.8 Å². The summed E-state index contributed by atoms with van der Waals surface area (Å²) in [6.45, 7) is 7.10. The Balaban J connectivity index is 2.01. The molecule has 1 N–H and O–H groups in total. The van der Waals surface area contributed by atoms with Gasteiger partial charge in [-0.3, -0.25) is 13.9 Å². The molecule has 0 aliphatic heterocycles. The van der Waals surface area contributed by atoms with E-state index < -0.39 is 28.5 Å². The number of rotatable bonds is 13. The smallest absolute Gasteiger partial charge is 0.264 e. The second kappa shape index (κ2) is 14.6. The predicted octanol–water partition coefficient (Wildman–Crippen LogP) is 5.92. The summed E-state index contributed by atoms with van der Waals surface area (Å²) in [5.74, 6) is -0.416. The SMILES string of the molecule is CCOc1ccc(S(=O)(=O)N(CC(=O)N(Cc2ccc(Cl)cc2Cl)C(C)C(=O)NC(C)CC)c2ccccc2)cc1. The van der Waals surface area contributed by atoms with E-state index in [4.69, 9.17) is 27.9 Å². The molecule has 8 nitrogen and oxygen atoms in total. The third kappa shape index (κ3) is 8.38. The minimum atomic E-state index is -4.18. The highest BCUT2D eigenvalue weighted by molar-refractivity contribution is 7.92. The van der Waals surface area contributed by atoms with Crippen LogP contribution < -0.4 is 14.4 Å². The molecule has 3 aromatic carbocycles. The van der Waals surface area contributed by atoms with Gasteiger partial charge in [-0.1, -0.05) is 54.4 Å². The van der Waals surface area contributed by atoms with Gasteiger partial charge in [-0.25, -0.2) is 8.42 Å². The van der Waals surface area contributed by atoms with E-state index >= 15 is 0 Å². The third-order valence-corrected chi connectivity index (χ3v) is 8.94. The molecular weight excluding hydrogens is 585 g/mol. The standard InChI is InChI=1S/C30H35Cl2N3O5S/c1-5-21(3)33-30(37)22(4)34(19-23-12-13-24(31)18-28(23)32)29(36)20-35(25-10-8-7-9-11-25)41(38,39)27-16-14-26(15-17-27)40-6-2/h7-18,21-22H,5-6,19-20H2,1-4H3,(H,33,37). The number of nitrogens with zero attached hydrogens (tertiary/aromatic N) is 2. The zero-order valence-corrected chi connectivity index (χ0v) is 25.8. The van der Waals surface area contributed by atoms with E-state index in [0.717, 1.165) is 4.31 Å². The number of hydrogen-bond donors (Lipinski definition) is 1. The van der Waals surface area contributed by atoms with E-state index in [1.54, 1.807) is 67.6 Å². The van der Waals surface area contributed by atoms with Crippen LogP contribution >= 0.6 is 23.2 Å². The lowest BCUT2D eigenvalue weighted by Crippen LogP contribution is -2.52. The van der Waals surface area contributed by atoms with Crippen molar-refractivity contribution in [1.82, 2.24) is 10.2 Å². The summed E-state index contributed by atoms with van der Waals surface area (Å²) in [6.07, 6.45) is 0.706. The first kappa shape index (κ1) is 32.2. The predicted molar refractivity (Wildman–Crippen MR) is 163 cm³/mol. The molecule has 3 rings (SSSR count). The molecule has 0 saturated carbocycles. The van der Waals surface area contributed by atoms with Crippen molar-refractivity contribution >= 4 is 50.7 Å². The first-order chi connectivity index (χ1) is 19.5. The fourth-order valence-corrected chi connectivity index (χ4v) is 5.89. The first-order valence-corrected chi connectivity index (χ1v) is 15.5. The Hall–Kier alpha value is -3.27. The quantitative estimate of drug-likeness (QED) is 0.256. The van der Waals surface area contributed by atoms with Crippen molar-refractivity contribution in [3.05, 3.63) is 88.4 Å². The van der Waals surface area contributed by atoms with Crippen molar-refractivity contribution in [2.24, 2.45) is 0 Å². The number of nitrogens with one attached hydrogen (secondary N) is 1. The highest BCUT2D eigenvalue weighted by Gasteiger charge is 2.33. The Morgan fingerprint density at radius 2 is 1.61 bits per heavy atom. The molecule has 220 valence electrons. The van der Waals surface area contributed by atoms with Gasteiger partial charge >= 0.3 is 0 Å². The Morgan fingerprint density at radius 3 is 2.20 bits per heavy atom. The van der Waals surface area contributed by atoms with Crippen molar-refractivity contribution in [2.75, 3.05) is 17.5 Å². The van der Waals surface area contributed by atoms with E-state index in [2.05, 4.69) is 5.32 Å². The van der Waals surface area contributed by atoms with Gasteiger partial charge < -0.3 is 15.0 Å². The number of hydrogen-bond acceptors (Lipinski definition) is 5. The van der Waals surface area contributed by atoms with Gasteiger partial charge in [0.1, 0.15) is 18.3 Å². The van der Waals surface area contributed by atoms with Gasteiger partial charge in [0.05, 0.1) is 17.2 Å². The van der Waals surface area contributed by atoms with Crippen molar-refractivity contribution in [3.8, 4) is 5.75 Å². The monoisotopic (exact) mass is 619 g/mol. The summed E-state index contributed by atoms with van der Waals surface area (Å²) in [6, 6.07) is 18.2. The molecule has 0 spiro atoms. The third-order valence-electron chi connectivity index (χ3n) is 6.57. The Morgan fingerprint density at radius 1 is 0.951 bits per heavy atom. The fraction of sp³-hybridized carbons (Fsp3) is 0.333. The number of carbonyl (C=O) groups excluding carboxylic acids is 2. The zero-order valence-electron chi connectivity index (χ0n) is 23.5. The van der Waals surface area contributed by atoms with Gasteiger partial charge in [0.25, 0.3) is 10.0 Å². The van der Waals surface area contributed by atoms with Crippen molar-refractivity contribution < 1.29 is 22.7 Å². The number of ether oxygens (including phenoxy) is 1. The van der Waals surface area contributed by atoms with Crippen LogP contribution in [0.2, 0.25) is 10.0 Å². The average molecular weight is 621 g/mol. The zero-order chi connectivity index (χ0) is 30.2. The molecule has 0 saturated heterocycles. The number of amides is 2. The lowest BCUT2D eigenvalue weighted by atomic mass is 10.1. The van der Waals surface area contributed by atoms with Crippen molar-refractivity contribution in [3.63, 3.8) is 0 Å². The molecule has 0 heterocycles. The number of para-hydroxylation sites is 1. The van der Waals surface area contributed by atoms with Crippen LogP contribution in [0.3, 0.4) is 0 Å². The lowest BCUT2D eigenvalue weighted by Gasteiger charge is -2.32. The summed E-state index contributed by atoms with van der Waals surface area (Å²) in [5.41, 5.74) is 0.865. The molecule has 2 atom stereocenters. The summed E-state index contributed by atoms with van der Waals surface area (Å²) in [7, 11) is -4.18. The van der Waals surface area contributed by atoms with Crippen LogP contribution in [0.25, 0.3) is 0 Å². The molecule has 2 unspecified atom stereocenters. The maximum Gasteiger partial charge on any atom is 0.264 e.